The maximum absolute atomic E-state index is 11.2. The zero-order valence-electron chi connectivity index (χ0n) is 23.8. The van der Waals surface area contributed by atoms with Crippen LogP contribution in [0.5, 0.6) is 0 Å². The highest BCUT2D eigenvalue weighted by Gasteiger charge is 2.53. The molecule has 3 saturated heterocycles. The minimum absolute atomic E-state index is 0.134. The van der Waals surface area contributed by atoms with Crippen LogP contribution in [-0.4, -0.2) is 149 Å². The highest BCUT2D eigenvalue weighted by Crippen LogP contribution is 2.34. The Morgan fingerprint density at radius 2 is 1.36 bits per heavy atom. The standard InChI is InChI=1S/C25H50N6O11/c1-2-8(27)12-4-3-9(28)23(37-12)40-20-11(30)5-10(29)16(33)22(20)42-25-19(36)21(14(7-32)39-25)41-24-15(31)18(35)17(34)13(6-26)38-24/h8-25,32-36H,2-7,26-31H2,1H3/t8-,9+,10+,11-,12-,13-,14+,15?,16-,17+,18+,19+,20+,21+,22+,23+,24+,25-/m0/s1. The van der Waals surface area contributed by atoms with Gasteiger partial charge in [-0.1, -0.05) is 6.92 Å². The molecular formula is C25H50N6O11. The van der Waals surface area contributed by atoms with Gasteiger partial charge in [-0.3, -0.25) is 0 Å². The average molecular weight is 611 g/mol. The number of aliphatic hydroxyl groups excluding tert-OH is 5. The first kappa shape index (κ1) is 34.2. The van der Waals surface area contributed by atoms with Crippen molar-refractivity contribution < 1.29 is 54.0 Å². The van der Waals surface area contributed by atoms with E-state index in [-0.39, 0.29) is 25.1 Å². The van der Waals surface area contributed by atoms with Gasteiger partial charge in [0.15, 0.2) is 18.9 Å². The van der Waals surface area contributed by atoms with Crippen LogP contribution in [-0.2, 0) is 28.4 Å². The maximum Gasteiger partial charge on any atom is 0.187 e. The Hall–Kier alpha value is -0.680. The first-order valence-electron chi connectivity index (χ1n) is 14.7. The summed E-state index contributed by atoms with van der Waals surface area (Å²) in [4.78, 5) is 0. The second-order valence-electron chi connectivity index (χ2n) is 11.8. The summed E-state index contributed by atoms with van der Waals surface area (Å²) in [6, 6.07) is -3.37. The monoisotopic (exact) mass is 610 g/mol. The summed E-state index contributed by atoms with van der Waals surface area (Å²) in [7, 11) is 0. The van der Waals surface area contributed by atoms with Gasteiger partial charge >= 0.3 is 0 Å². The van der Waals surface area contributed by atoms with Crippen LogP contribution in [0.3, 0.4) is 0 Å². The van der Waals surface area contributed by atoms with Crippen molar-refractivity contribution in [1.82, 2.24) is 0 Å². The molecule has 3 aliphatic heterocycles. The van der Waals surface area contributed by atoms with Crippen LogP contribution >= 0.6 is 0 Å². The molecule has 17 N–H and O–H groups in total. The number of nitrogens with two attached hydrogens (primary N) is 6. The summed E-state index contributed by atoms with van der Waals surface area (Å²) in [6.07, 6.45) is -12.8. The second-order valence-corrected chi connectivity index (χ2v) is 11.8. The lowest BCUT2D eigenvalue weighted by atomic mass is 9.84. The zero-order chi connectivity index (χ0) is 30.9. The Kier molecular flexibility index (Phi) is 11.9. The van der Waals surface area contributed by atoms with E-state index in [9.17, 15) is 25.5 Å². The molecule has 246 valence electrons. The lowest BCUT2D eigenvalue weighted by Crippen LogP contribution is -2.65. The Bertz CT molecular complexity index is 853. The van der Waals surface area contributed by atoms with E-state index < -0.39 is 105 Å². The molecule has 17 nitrogen and oxygen atoms in total. The molecule has 3 heterocycles. The molecule has 0 aromatic carbocycles. The first-order chi connectivity index (χ1) is 19.9. The van der Waals surface area contributed by atoms with E-state index in [4.69, 9.17) is 62.8 Å². The third kappa shape index (κ3) is 7.08. The molecule has 0 spiro atoms. The molecule has 0 amide bonds. The molecule has 4 fully saturated rings. The molecule has 0 aromatic heterocycles. The predicted octanol–water partition coefficient (Wildman–Crippen LogP) is -6.06. The van der Waals surface area contributed by atoms with E-state index in [1.54, 1.807) is 0 Å². The molecule has 18 atom stereocenters. The van der Waals surface area contributed by atoms with Gasteiger partial charge in [0.1, 0.15) is 48.8 Å². The molecule has 0 bridgehead atoms. The molecule has 0 aromatic rings. The topological polar surface area (TPSA) is 313 Å². The third-order valence-corrected chi connectivity index (χ3v) is 8.78. The molecule has 1 aliphatic carbocycles. The van der Waals surface area contributed by atoms with E-state index in [1.807, 2.05) is 6.92 Å². The fraction of sp³-hybridized carbons (Fsp3) is 1.00. The largest absolute Gasteiger partial charge is 0.394 e. The third-order valence-electron chi connectivity index (χ3n) is 8.78. The lowest BCUT2D eigenvalue weighted by Gasteiger charge is -2.46. The van der Waals surface area contributed by atoms with Gasteiger partial charge in [0.05, 0.1) is 30.9 Å². The Morgan fingerprint density at radius 3 is 2.00 bits per heavy atom. The highest BCUT2D eigenvalue weighted by molar-refractivity contribution is 5.01. The van der Waals surface area contributed by atoms with Crippen LogP contribution in [0, 0.1) is 0 Å². The molecule has 4 rings (SSSR count). The van der Waals surface area contributed by atoms with Crippen LogP contribution in [0.4, 0.5) is 0 Å². The van der Waals surface area contributed by atoms with E-state index in [2.05, 4.69) is 0 Å². The van der Waals surface area contributed by atoms with Crippen molar-refractivity contribution in [3.8, 4) is 0 Å². The Labute approximate surface area is 244 Å². The Balaban J connectivity index is 1.48. The second kappa shape index (κ2) is 14.6. The van der Waals surface area contributed by atoms with Gasteiger partial charge in [-0.15, -0.1) is 0 Å². The van der Waals surface area contributed by atoms with Crippen molar-refractivity contribution in [3.05, 3.63) is 0 Å². The van der Waals surface area contributed by atoms with Crippen molar-refractivity contribution in [2.45, 2.75) is 143 Å². The van der Waals surface area contributed by atoms with Crippen molar-refractivity contribution in [3.63, 3.8) is 0 Å². The number of hydrogen-bond acceptors (Lipinski definition) is 17. The summed E-state index contributed by atoms with van der Waals surface area (Å²) in [5.41, 5.74) is 36.7. The lowest BCUT2D eigenvalue weighted by molar-refractivity contribution is -0.290. The van der Waals surface area contributed by atoms with Gasteiger partial charge in [-0.2, -0.15) is 0 Å². The fourth-order valence-corrected chi connectivity index (χ4v) is 6.02. The minimum Gasteiger partial charge on any atom is -0.394 e. The van der Waals surface area contributed by atoms with Crippen molar-refractivity contribution >= 4 is 0 Å². The van der Waals surface area contributed by atoms with Crippen LogP contribution in [0.25, 0.3) is 0 Å². The molecular weight excluding hydrogens is 560 g/mol. The van der Waals surface area contributed by atoms with Crippen LogP contribution < -0.4 is 34.4 Å². The molecule has 4 aliphatic rings. The highest BCUT2D eigenvalue weighted by atomic mass is 16.8. The quantitative estimate of drug-likeness (QED) is 0.110. The van der Waals surface area contributed by atoms with E-state index >= 15 is 0 Å². The molecule has 0 radical (unpaired) electrons. The van der Waals surface area contributed by atoms with E-state index in [0.717, 1.165) is 0 Å². The normalized spacial score (nSPS) is 51.0. The van der Waals surface area contributed by atoms with Gasteiger partial charge in [-0.05, 0) is 25.7 Å². The average Bonchev–Trinajstić information content (AvgIpc) is 3.27. The first-order valence-corrected chi connectivity index (χ1v) is 14.7. The molecule has 42 heavy (non-hydrogen) atoms. The van der Waals surface area contributed by atoms with Crippen molar-refractivity contribution in [2.24, 2.45) is 34.4 Å². The van der Waals surface area contributed by atoms with Crippen LogP contribution in [0.1, 0.15) is 32.6 Å². The number of hydrogen-bond donors (Lipinski definition) is 11. The van der Waals surface area contributed by atoms with Crippen molar-refractivity contribution in [1.29, 1.82) is 0 Å². The summed E-state index contributed by atoms with van der Waals surface area (Å²) in [6.45, 7) is 1.23. The van der Waals surface area contributed by atoms with Gasteiger partial charge in [-0.25, -0.2) is 0 Å². The molecule has 1 unspecified atom stereocenters. The summed E-state index contributed by atoms with van der Waals surface area (Å²) < 4.78 is 35.6. The van der Waals surface area contributed by atoms with Gasteiger partial charge < -0.3 is 88.4 Å². The smallest absolute Gasteiger partial charge is 0.187 e. The number of rotatable bonds is 10. The van der Waals surface area contributed by atoms with Gasteiger partial charge in [0.25, 0.3) is 0 Å². The SMILES string of the molecule is CC[C@H](N)[C@@H]1CC[C@@H](N)[C@@H](O[C@H]2[C@H](O[C@@H]3O[C@H](CO)[C@@H](O[C@H]4O[C@@H](CN)[C@@H](O)[C@H](O)C4N)[C@H]3O)[C@@H](O)[C@H](N)C[C@@H]2N)O1. The zero-order valence-corrected chi connectivity index (χ0v) is 23.8. The van der Waals surface area contributed by atoms with Gasteiger partial charge in [0, 0.05) is 24.7 Å². The molecule has 1 saturated carbocycles. The maximum atomic E-state index is 11.2. The Morgan fingerprint density at radius 1 is 0.714 bits per heavy atom. The summed E-state index contributed by atoms with van der Waals surface area (Å²) in [5, 5.41) is 52.7. The number of ether oxygens (including phenoxy) is 6. The molecule has 17 heteroatoms. The fourth-order valence-electron chi connectivity index (χ4n) is 6.02. The van der Waals surface area contributed by atoms with Crippen LogP contribution in [0.2, 0.25) is 0 Å². The number of aliphatic hydroxyl groups is 5. The van der Waals surface area contributed by atoms with E-state index in [0.29, 0.717) is 19.3 Å². The van der Waals surface area contributed by atoms with Gasteiger partial charge in [0.2, 0.25) is 0 Å². The minimum atomic E-state index is -1.53. The van der Waals surface area contributed by atoms with Crippen molar-refractivity contribution in [2.75, 3.05) is 13.2 Å². The summed E-state index contributed by atoms with van der Waals surface area (Å²) in [5.74, 6) is 0. The predicted molar refractivity (Wildman–Crippen MR) is 145 cm³/mol. The van der Waals surface area contributed by atoms with E-state index in [1.165, 1.54) is 0 Å². The van der Waals surface area contributed by atoms with Crippen LogP contribution in [0.15, 0.2) is 0 Å². The summed E-state index contributed by atoms with van der Waals surface area (Å²) >= 11 is 0.